The predicted octanol–water partition coefficient (Wildman–Crippen LogP) is 3.14. The van der Waals surface area contributed by atoms with Crippen LogP contribution < -0.4 is 10.1 Å². The monoisotopic (exact) mass is 303 g/mol. The number of ether oxygens (including phenoxy) is 2. The van der Waals surface area contributed by atoms with Gasteiger partial charge in [0.05, 0.1) is 6.61 Å². The van der Waals surface area contributed by atoms with Crippen molar-refractivity contribution in [2.24, 2.45) is 5.41 Å². The molecule has 0 bridgehead atoms. The summed E-state index contributed by atoms with van der Waals surface area (Å²) in [4.78, 5) is 0. The van der Waals surface area contributed by atoms with E-state index in [0.29, 0.717) is 6.61 Å². The Labute approximate surface area is 122 Å². The summed E-state index contributed by atoms with van der Waals surface area (Å²) in [5, 5.41) is 3.34. The molecule has 1 N–H and O–H groups in total. The zero-order chi connectivity index (χ0) is 15.3. The van der Waals surface area contributed by atoms with E-state index in [2.05, 4.69) is 10.1 Å². The molecule has 1 aliphatic rings. The van der Waals surface area contributed by atoms with Crippen molar-refractivity contribution in [3.05, 3.63) is 29.8 Å². The lowest BCUT2D eigenvalue weighted by molar-refractivity contribution is -0.274. The van der Waals surface area contributed by atoms with Gasteiger partial charge in [-0.3, -0.25) is 0 Å². The Morgan fingerprint density at radius 2 is 2.00 bits per heavy atom. The van der Waals surface area contributed by atoms with E-state index in [0.717, 1.165) is 38.1 Å². The number of hydrogen-bond acceptors (Lipinski definition) is 3. The number of alkyl halides is 3. The van der Waals surface area contributed by atoms with Crippen LogP contribution in [0.2, 0.25) is 0 Å². The molecular formula is C15H20F3NO2. The van der Waals surface area contributed by atoms with Crippen molar-refractivity contribution in [2.45, 2.75) is 26.1 Å². The van der Waals surface area contributed by atoms with E-state index in [1.165, 1.54) is 12.1 Å². The summed E-state index contributed by atoms with van der Waals surface area (Å²) in [6.07, 6.45) is -2.90. The molecule has 6 heteroatoms. The molecule has 1 fully saturated rings. The molecular weight excluding hydrogens is 283 g/mol. The van der Waals surface area contributed by atoms with Gasteiger partial charge in [0, 0.05) is 18.6 Å². The molecule has 1 aromatic carbocycles. The largest absolute Gasteiger partial charge is 0.573 e. The molecule has 0 spiro atoms. The van der Waals surface area contributed by atoms with Crippen LogP contribution in [-0.2, 0) is 11.2 Å². The molecule has 1 aromatic rings. The lowest BCUT2D eigenvalue weighted by atomic mass is 9.81. The van der Waals surface area contributed by atoms with Crippen LogP contribution in [0.4, 0.5) is 13.2 Å². The van der Waals surface area contributed by atoms with E-state index in [1.54, 1.807) is 12.1 Å². The second-order valence-electron chi connectivity index (χ2n) is 5.45. The lowest BCUT2D eigenvalue weighted by Gasteiger charge is -2.27. The van der Waals surface area contributed by atoms with Gasteiger partial charge in [-0.25, -0.2) is 0 Å². The summed E-state index contributed by atoms with van der Waals surface area (Å²) < 4.78 is 45.8. The van der Waals surface area contributed by atoms with E-state index < -0.39 is 6.36 Å². The molecule has 0 aliphatic carbocycles. The van der Waals surface area contributed by atoms with Crippen LogP contribution in [0.1, 0.15) is 18.9 Å². The quantitative estimate of drug-likeness (QED) is 0.876. The first kappa shape index (κ1) is 16.1. The van der Waals surface area contributed by atoms with Crippen molar-refractivity contribution in [1.82, 2.24) is 5.32 Å². The van der Waals surface area contributed by atoms with Crippen LogP contribution in [0.5, 0.6) is 5.75 Å². The van der Waals surface area contributed by atoms with Crippen molar-refractivity contribution < 1.29 is 22.6 Å². The Hall–Kier alpha value is -1.27. The third-order valence-corrected chi connectivity index (χ3v) is 3.67. The van der Waals surface area contributed by atoms with Gasteiger partial charge in [-0.05, 0) is 37.1 Å². The SMILES string of the molecule is CCNCC1(Cc2ccc(OC(F)(F)F)cc2)CCOC1. The van der Waals surface area contributed by atoms with Crippen LogP contribution in [0, 0.1) is 5.41 Å². The first-order chi connectivity index (χ1) is 9.92. The zero-order valence-corrected chi connectivity index (χ0v) is 12.0. The Balaban J connectivity index is 2.01. The highest BCUT2D eigenvalue weighted by molar-refractivity contribution is 5.28. The van der Waals surface area contributed by atoms with Crippen molar-refractivity contribution in [3.8, 4) is 5.75 Å². The van der Waals surface area contributed by atoms with E-state index in [1.807, 2.05) is 6.92 Å². The first-order valence-electron chi connectivity index (χ1n) is 7.06. The second kappa shape index (κ2) is 6.66. The average molecular weight is 303 g/mol. The van der Waals surface area contributed by atoms with Crippen LogP contribution in [0.25, 0.3) is 0 Å². The smallest absolute Gasteiger partial charge is 0.406 e. The van der Waals surface area contributed by atoms with Gasteiger partial charge in [0.1, 0.15) is 5.75 Å². The summed E-state index contributed by atoms with van der Waals surface area (Å²) in [5.74, 6) is -0.186. The number of halogens is 3. The van der Waals surface area contributed by atoms with Gasteiger partial charge in [0.15, 0.2) is 0 Å². The minimum atomic E-state index is -4.65. The Bertz CT molecular complexity index is 439. The summed E-state index contributed by atoms with van der Waals surface area (Å²) in [7, 11) is 0. The summed E-state index contributed by atoms with van der Waals surface area (Å²) in [5.41, 5.74) is 1.02. The molecule has 1 saturated heterocycles. The number of rotatable bonds is 6. The van der Waals surface area contributed by atoms with Crippen LogP contribution in [0.3, 0.4) is 0 Å². The lowest BCUT2D eigenvalue weighted by Crippen LogP contribution is -2.36. The number of nitrogens with one attached hydrogen (secondary N) is 1. The third kappa shape index (κ3) is 4.89. The highest BCUT2D eigenvalue weighted by Gasteiger charge is 2.35. The number of hydrogen-bond donors (Lipinski definition) is 1. The molecule has 0 radical (unpaired) electrons. The van der Waals surface area contributed by atoms with E-state index in [-0.39, 0.29) is 11.2 Å². The van der Waals surface area contributed by atoms with Crippen molar-refractivity contribution in [3.63, 3.8) is 0 Å². The maximum absolute atomic E-state index is 12.1. The minimum Gasteiger partial charge on any atom is -0.406 e. The highest BCUT2D eigenvalue weighted by atomic mass is 19.4. The molecule has 1 heterocycles. The van der Waals surface area contributed by atoms with Crippen molar-refractivity contribution in [2.75, 3.05) is 26.3 Å². The molecule has 0 amide bonds. The minimum absolute atomic E-state index is 0.0302. The molecule has 118 valence electrons. The second-order valence-corrected chi connectivity index (χ2v) is 5.45. The maximum atomic E-state index is 12.1. The predicted molar refractivity (Wildman–Crippen MR) is 73.2 cm³/mol. The average Bonchev–Trinajstić information content (AvgIpc) is 2.86. The van der Waals surface area contributed by atoms with Crippen LogP contribution in [-0.4, -0.2) is 32.7 Å². The van der Waals surface area contributed by atoms with Crippen molar-refractivity contribution in [1.29, 1.82) is 0 Å². The Kier molecular flexibility index (Phi) is 5.11. The molecule has 3 nitrogen and oxygen atoms in total. The molecule has 0 aromatic heterocycles. The van der Waals surface area contributed by atoms with Gasteiger partial charge in [0.25, 0.3) is 0 Å². The van der Waals surface area contributed by atoms with Crippen LogP contribution in [0.15, 0.2) is 24.3 Å². The van der Waals surface area contributed by atoms with Gasteiger partial charge in [-0.2, -0.15) is 0 Å². The summed E-state index contributed by atoms with van der Waals surface area (Å²) in [6, 6.07) is 6.10. The van der Waals surface area contributed by atoms with Crippen LogP contribution >= 0.6 is 0 Å². The molecule has 1 aliphatic heterocycles. The zero-order valence-electron chi connectivity index (χ0n) is 12.0. The normalized spacial score (nSPS) is 22.5. The molecule has 1 atom stereocenters. The summed E-state index contributed by atoms with van der Waals surface area (Å²) >= 11 is 0. The maximum Gasteiger partial charge on any atom is 0.573 e. The summed E-state index contributed by atoms with van der Waals surface area (Å²) in [6.45, 7) is 5.21. The Morgan fingerprint density at radius 1 is 1.29 bits per heavy atom. The van der Waals surface area contributed by atoms with Gasteiger partial charge in [-0.15, -0.1) is 13.2 Å². The van der Waals surface area contributed by atoms with Gasteiger partial charge >= 0.3 is 6.36 Å². The fraction of sp³-hybridized carbons (Fsp3) is 0.600. The molecule has 1 unspecified atom stereocenters. The van der Waals surface area contributed by atoms with Crippen molar-refractivity contribution >= 4 is 0 Å². The fourth-order valence-corrected chi connectivity index (χ4v) is 2.62. The fourth-order valence-electron chi connectivity index (χ4n) is 2.62. The molecule has 0 saturated carbocycles. The highest BCUT2D eigenvalue weighted by Crippen LogP contribution is 2.33. The third-order valence-electron chi connectivity index (χ3n) is 3.67. The topological polar surface area (TPSA) is 30.5 Å². The van der Waals surface area contributed by atoms with Gasteiger partial charge in [0.2, 0.25) is 0 Å². The van der Waals surface area contributed by atoms with E-state index >= 15 is 0 Å². The number of benzene rings is 1. The Morgan fingerprint density at radius 3 is 2.52 bits per heavy atom. The van der Waals surface area contributed by atoms with E-state index in [9.17, 15) is 13.2 Å². The standard InChI is InChI=1S/C15H20F3NO2/c1-2-19-10-14(7-8-20-11-14)9-12-3-5-13(6-4-12)21-15(16,17)18/h3-6,19H,2,7-11H2,1H3. The first-order valence-corrected chi connectivity index (χ1v) is 7.06. The van der Waals surface area contributed by atoms with Gasteiger partial charge in [-0.1, -0.05) is 19.1 Å². The molecule has 21 heavy (non-hydrogen) atoms. The van der Waals surface area contributed by atoms with E-state index in [4.69, 9.17) is 4.74 Å². The molecule has 2 rings (SSSR count). The van der Waals surface area contributed by atoms with Gasteiger partial charge < -0.3 is 14.8 Å².